The molecule has 0 bridgehead atoms. The van der Waals surface area contributed by atoms with Gasteiger partial charge in [-0.25, -0.2) is 0 Å². The van der Waals surface area contributed by atoms with Crippen LogP contribution in [0, 0.1) is 0 Å². The monoisotopic (exact) mass is 410 g/mol. The maximum Gasteiger partial charge on any atom is 0.219 e. The minimum absolute atomic E-state index is 0. The molecule has 21 heavy (non-hydrogen) atoms. The molecule has 0 radical (unpaired) electrons. The molecule has 0 fully saturated rings. The van der Waals surface area contributed by atoms with Crippen LogP contribution in [-0.4, -0.2) is 44.6 Å². The molecule has 0 aromatic carbocycles. The molecule has 0 aromatic heterocycles. The fraction of sp³-hybridized carbons (Fsp3) is 0.824. The molecule has 0 aliphatic carbocycles. The van der Waals surface area contributed by atoms with Crippen LogP contribution in [0.3, 0.4) is 0 Å². The fourth-order valence-electron chi connectivity index (χ4n) is 2.15. The summed E-state index contributed by atoms with van der Waals surface area (Å²) in [6.07, 6.45) is 12.2. The van der Waals surface area contributed by atoms with Gasteiger partial charge in [-0.05, 0) is 19.3 Å². The van der Waals surface area contributed by atoms with Gasteiger partial charge in [0.2, 0.25) is 5.91 Å². The zero-order chi connectivity index (χ0) is 15.3. The first-order valence-corrected chi connectivity index (χ1v) is 8.14. The molecule has 0 aliphatic heterocycles. The van der Waals surface area contributed by atoms with E-state index in [1.807, 2.05) is 6.08 Å². The first kappa shape index (κ1) is 23.2. The number of unbranched alkanes of at least 4 members (excludes halogenated alkanes) is 6. The quantitative estimate of drug-likeness (QED) is 0.204. The van der Waals surface area contributed by atoms with E-state index in [-0.39, 0.29) is 29.9 Å². The molecule has 3 nitrogen and oxygen atoms in total. The number of hydrogen-bond acceptors (Lipinski definition) is 1. The SMILES string of the molecule is C=CCCCCCCCCC(=O)NCCC[N+](C)(C)C.[I-]. The molecular weight excluding hydrogens is 375 g/mol. The highest BCUT2D eigenvalue weighted by molar-refractivity contribution is 5.75. The Morgan fingerprint density at radius 3 is 2.14 bits per heavy atom. The molecule has 1 amide bonds. The third-order valence-electron chi connectivity index (χ3n) is 3.39. The lowest BCUT2D eigenvalue weighted by Gasteiger charge is -2.23. The second-order valence-corrected chi connectivity index (χ2v) is 6.67. The number of hydrogen-bond donors (Lipinski definition) is 1. The highest BCUT2D eigenvalue weighted by atomic mass is 127. The van der Waals surface area contributed by atoms with Gasteiger partial charge in [-0.15, -0.1) is 6.58 Å². The number of rotatable bonds is 13. The Hall–Kier alpha value is -0.100. The van der Waals surface area contributed by atoms with Crippen molar-refractivity contribution in [3.8, 4) is 0 Å². The van der Waals surface area contributed by atoms with E-state index in [1.54, 1.807) is 0 Å². The lowest BCUT2D eigenvalue weighted by atomic mass is 10.1. The predicted octanol–water partition coefficient (Wildman–Crippen LogP) is 0.510. The Morgan fingerprint density at radius 1 is 1.00 bits per heavy atom. The summed E-state index contributed by atoms with van der Waals surface area (Å²) in [5, 5.41) is 3.01. The van der Waals surface area contributed by atoms with Crippen LogP contribution in [0.4, 0.5) is 0 Å². The van der Waals surface area contributed by atoms with Gasteiger partial charge in [0.25, 0.3) is 0 Å². The molecule has 0 unspecified atom stereocenters. The van der Waals surface area contributed by atoms with Crippen LogP contribution in [0.2, 0.25) is 0 Å². The predicted molar refractivity (Wildman–Crippen MR) is 87.7 cm³/mol. The summed E-state index contributed by atoms with van der Waals surface area (Å²) in [5.41, 5.74) is 0. The second-order valence-electron chi connectivity index (χ2n) is 6.67. The van der Waals surface area contributed by atoms with Gasteiger partial charge in [0.05, 0.1) is 27.7 Å². The van der Waals surface area contributed by atoms with Gasteiger partial charge in [0.1, 0.15) is 0 Å². The van der Waals surface area contributed by atoms with E-state index in [4.69, 9.17) is 0 Å². The Labute approximate surface area is 149 Å². The smallest absolute Gasteiger partial charge is 0.219 e. The van der Waals surface area contributed by atoms with Gasteiger partial charge in [-0.2, -0.15) is 0 Å². The Bertz CT molecular complexity index is 262. The number of nitrogens with one attached hydrogen (secondary N) is 1. The molecular formula is C17H35IN2O. The van der Waals surface area contributed by atoms with Crippen LogP contribution < -0.4 is 29.3 Å². The number of carbonyl (C=O) groups is 1. The highest BCUT2D eigenvalue weighted by Crippen LogP contribution is 2.08. The average Bonchev–Trinajstić information content (AvgIpc) is 2.37. The molecule has 0 atom stereocenters. The van der Waals surface area contributed by atoms with Crippen LogP contribution >= 0.6 is 0 Å². The summed E-state index contributed by atoms with van der Waals surface area (Å²) < 4.78 is 0.960. The molecule has 126 valence electrons. The van der Waals surface area contributed by atoms with Crippen molar-refractivity contribution in [3.63, 3.8) is 0 Å². The fourth-order valence-corrected chi connectivity index (χ4v) is 2.15. The minimum atomic E-state index is 0. The number of halogens is 1. The van der Waals surface area contributed by atoms with Crippen molar-refractivity contribution in [1.82, 2.24) is 5.32 Å². The molecule has 4 heteroatoms. The normalized spacial score (nSPS) is 10.8. The van der Waals surface area contributed by atoms with Gasteiger partial charge in [0, 0.05) is 19.4 Å². The highest BCUT2D eigenvalue weighted by Gasteiger charge is 2.06. The Morgan fingerprint density at radius 2 is 1.57 bits per heavy atom. The lowest BCUT2D eigenvalue weighted by Crippen LogP contribution is -3.00. The summed E-state index contributed by atoms with van der Waals surface area (Å²) in [5.74, 6) is 0.220. The molecule has 1 N–H and O–H groups in total. The second kappa shape index (κ2) is 14.8. The maximum atomic E-state index is 11.6. The molecule has 0 spiro atoms. The van der Waals surface area contributed by atoms with Gasteiger partial charge >= 0.3 is 0 Å². The van der Waals surface area contributed by atoms with Crippen LogP contribution in [0.1, 0.15) is 57.8 Å². The van der Waals surface area contributed by atoms with Crippen molar-refractivity contribution in [1.29, 1.82) is 0 Å². The summed E-state index contributed by atoms with van der Waals surface area (Å²) in [6, 6.07) is 0. The number of nitrogens with zero attached hydrogens (tertiary/aromatic N) is 1. The lowest BCUT2D eigenvalue weighted by molar-refractivity contribution is -0.870. The Balaban J connectivity index is 0. The largest absolute Gasteiger partial charge is 1.00 e. The van der Waals surface area contributed by atoms with Gasteiger partial charge in [-0.1, -0.05) is 31.8 Å². The van der Waals surface area contributed by atoms with E-state index in [0.29, 0.717) is 6.42 Å². The van der Waals surface area contributed by atoms with E-state index in [2.05, 4.69) is 33.0 Å². The molecule has 0 rings (SSSR count). The molecule has 0 saturated carbocycles. The Kier molecular flexibility index (Phi) is 16.4. The molecule has 0 saturated heterocycles. The van der Waals surface area contributed by atoms with Crippen molar-refractivity contribution in [2.75, 3.05) is 34.2 Å². The summed E-state index contributed by atoms with van der Waals surface area (Å²) in [4.78, 5) is 11.6. The third kappa shape index (κ3) is 19.9. The topological polar surface area (TPSA) is 29.1 Å². The summed E-state index contributed by atoms with van der Waals surface area (Å²) in [6.45, 7) is 5.64. The molecule has 0 heterocycles. The van der Waals surface area contributed by atoms with Crippen molar-refractivity contribution in [2.24, 2.45) is 0 Å². The molecule has 0 aromatic rings. The number of allylic oxidation sites excluding steroid dienone is 1. The first-order chi connectivity index (χ1) is 9.45. The summed E-state index contributed by atoms with van der Waals surface area (Å²) in [7, 11) is 6.53. The van der Waals surface area contributed by atoms with E-state index < -0.39 is 0 Å². The van der Waals surface area contributed by atoms with Crippen LogP contribution in [0.25, 0.3) is 0 Å². The van der Waals surface area contributed by atoms with Crippen molar-refractivity contribution in [2.45, 2.75) is 57.8 Å². The van der Waals surface area contributed by atoms with E-state index in [9.17, 15) is 4.79 Å². The number of amides is 1. The van der Waals surface area contributed by atoms with Gasteiger partial charge < -0.3 is 33.8 Å². The zero-order valence-electron chi connectivity index (χ0n) is 14.3. The first-order valence-electron chi connectivity index (χ1n) is 8.14. The van der Waals surface area contributed by atoms with Crippen molar-refractivity contribution in [3.05, 3.63) is 12.7 Å². The maximum absolute atomic E-state index is 11.6. The third-order valence-corrected chi connectivity index (χ3v) is 3.39. The van der Waals surface area contributed by atoms with E-state index >= 15 is 0 Å². The van der Waals surface area contributed by atoms with E-state index in [0.717, 1.165) is 36.8 Å². The van der Waals surface area contributed by atoms with Gasteiger partial charge in [-0.3, -0.25) is 4.79 Å². The van der Waals surface area contributed by atoms with Gasteiger partial charge in [0.15, 0.2) is 0 Å². The van der Waals surface area contributed by atoms with Crippen molar-refractivity contribution >= 4 is 5.91 Å². The number of carbonyl (C=O) groups excluding carboxylic acids is 1. The number of quaternary nitrogens is 1. The van der Waals surface area contributed by atoms with Crippen LogP contribution in [0.5, 0.6) is 0 Å². The van der Waals surface area contributed by atoms with Crippen LogP contribution in [0.15, 0.2) is 12.7 Å². The van der Waals surface area contributed by atoms with Crippen LogP contribution in [-0.2, 0) is 4.79 Å². The molecule has 0 aliphatic rings. The summed E-state index contributed by atoms with van der Waals surface area (Å²) >= 11 is 0. The average molecular weight is 410 g/mol. The minimum Gasteiger partial charge on any atom is -1.00 e. The zero-order valence-corrected chi connectivity index (χ0v) is 16.5. The van der Waals surface area contributed by atoms with E-state index in [1.165, 1.54) is 32.1 Å². The van der Waals surface area contributed by atoms with Crippen molar-refractivity contribution < 1.29 is 33.3 Å². The standard InChI is InChI=1S/C17H34N2O.HI/c1-5-6-7-8-9-10-11-12-14-17(20)18-15-13-16-19(2,3)4;/h5H,1,6-16H2,2-4H3;1H.